The number of anilines is 1. The van der Waals surface area contributed by atoms with E-state index in [1.165, 1.54) is 19.3 Å². The number of carbonyl (C=O) groups is 2. The SMILES string of the molecule is COC(=O)c1cc(N)cc(C=CC=O)c1. The smallest absolute Gasteiger partial charge is 0.337 e. The fourth-order valence-corrected chi connectivity index (χ4v) is 1.16. The highest BCUT2D eigenvalue weighted by atomic mass is 16.5. The molecular weight excluding hydrogens is 194 g/mol. The van der Waals surface area contributed by atoms with E-state index in [0.717, 1.165) is 0 Å². The molecule has 0 spiro atoms. The van der Waals surface area contributed by atoms with Crippen molar-refractivity contribution in [3.05, 3.63) is 35.4 Å². The van der Waals surface area contributed by atoms with E-state index < -0.39 is 5.97 Å². The molecule has 0 saturated carbocycles. The third kappa shape index (κ3) is 2.95. The van der Waals surface area contributed by atoms with Crippen molar-refractivity contribution in [2.75, 3.05) is 12.8 Å². The fourth-order valence-electron chi connectivity index (χ4n) is 1.16. The molecule has 0 fully saturated rings. The molecule has 0 radical (unpaired) electrons. The first-order chi connectivity index (χ1) is 7.17. The number of ether oxygens (including phenoxy) is 1. The number of nitrogen functional groups attached to an aromatic ring is 1. The summed E-state index contributed by atoms with van der Waals surface area (Å²) in [6, 6.07) is 4.78. The van der Waals surface area contributed by atoms with Crippen LogP contribution in [0.25, 0.3) is 6.08 Å². The Morgan fingerprint density at radius 3 is 2.73 bits per heavy atom. The maximum absolute atomic E-state index is 11.2. The van der Waals surface area contributed by atoms with Crippen molar-refractivity contribution in [1.29, 1.82) is 0 Å². The lowest BCUT2D eigenvalue weighted by Crippen LogP contribution is -2.02. The van der Waals surface area contributed by atoms with Crippen LogP contribution in [-0.2, 0) is 9.53 Å². The summed E-state index contributed by atoms with van der Waals surface area (Å²) >= 11 is 0. The van der Waals surface area contributed by atoms with Crippen molar-refractivity contribution in [2.45, 2.75) is 0 Å². The molecule has 0 bridgehead atoms. The Balaban J connectivity index is 3.10. The lowest BCUT2D eigenvalue weighted by Gasteiger charge is -2.02. The van der Waals surface area contributed by atoms with Gasteiger partial charge in [0.1, 0.15) is 6.29 Å². The summed E-state index contributed by atoms with van der Waals surface area (Å²) in [5, 5.41) is 0. The maximum Gasteiger partial charge on any atom is 0.337 e. The predicted molar refractivity (Wildman–Crippen MR) is 57.3 cm³/mol. The zero-order valence-corrected chi connectivity index (χ0v) is 8.27. The molecule has 1 aromatic rings. The van der Waals surface area contributed by atoms with E-state index in [1.54, 1.807) is 18.2 Å². The molecule has 0 aliphatic heterocycles. The monoisotopic (exact) mass is 205 g/mol. The fraction of sp³-hybridized carbons (Fsp3) is 0.0909. The summed E-state index contributed by atoms with van der Waals surface area (Å²) < 4.78 is 4.56. The summed E-state index contributed by atoms with van der Waals surface area (Å²) in [6.45, 7) is 0. The highest BCUT2D eigenvalue weighted by Crippen LogP contribution is 2.14. The van der Waals surface area contributed by atoms with Gasteiger partial charge >= 0.3 is 5.97 Å². The molecule has 0 saturated heterocycles. The quantitative estimate of drug-likeness (QED) is 0.349. The molecule has 0 atom stereocenters. The molecule has 0 aliphatic rings. The predicted octanol–water partition coefficient (Wildman–Crippen LogP) is 1.27. The minimum atomic E-state index is -0.456. The van der Waals surface area contributed by atoms with E-state index >= 15 is 0 Å². The highest BCUT2D eigenvalue weighted by molar-refractivity contribution is 5.91. The molecule has 4 nitrogen and oxygen atoms in total. The molecule has 1 aromatic carbocycles. The molecule has 1 rings (SSSR count). The molecule has 4 heteroatoms. The minimum absolute atomic E-state index is 0.364. The second kappa shape index (κ2) is 4.95. The van der Waals surface area contributed by atoms with E-state index in [2.05, 4.69) is 4.74 Å². The number of aldehydes is 1. The van der Waals surface area contributed by atoms with Crippen LogP contribution in [0.5, 0.6) is 0 Å². The summed E-state index contributed by atoms with van der Waals surface area (Å²) in [7, 11) is 1.30. The number of carbonyl (C=O) groups excluding carboxylic acids is 2. The summed E-state index contributed by atoms with van der Waals surface area (Å²) in [4.78, 5) is 21.3. The number of methoxy groups -OCH3 is 1. The highest BCUT2D eigenvalue weighted by Gasteiger charge is 2.06. The topological polar surface area (TPSA) is 69.4 Å². The van der Waals surface area contributed by atoms with E-state index in [4.69, 9.17) is 5.73 Å². The molecule has 0 aromatic heterocycles. The Hall–Kier alpha value is -2.10. The second-order valence-electron chi connectivity index (χ2n) is 2.88. The number of allylic oxidation sites excluding steroid dienone is 1. The Kier molecular flexibility index (Phi) is 3.62. The molecule has 0 aliphatic carbocycles. The van der Waals surface area contributed by atoms with Crippen LogP contribution >= 0.6 is 0 Å². The third-order valence-corrected chi connectivity index (χ3v) is 1.77. The van der Waals surface area contributed by atoms with Crippen molar-refractivity contribution in [3.8, 4) is 0 Å². The van der Waals surface area contributed by atoms with Crippen LogP contribution in [0.3, 0.4) is 0 Å². The van der Waals surface area contributed by atoms with Gasteiger partial charge in [0.15, 0.2) is 0 Å². The molecule has 0 amide bonds. The van der Waals surface area contributed by atoms with Crippen molar-refractivity contribution < 1.29 is 14.3 Å². The van der Waals surface area contributed by atoms with Crippen LogP contribution in [0.15, 0.2) is 24.3 Å². The zero-order chi connectivity index (χ0) is 11.3. The Bertz CT molecular complexity index is 410. The lowest BCUT2D eigenvalue weighted by molar-refractivity contribution is -0.104. The Morgan fingerprint density at radius 2 is 2.13 bits per heavy atom. The number of benzene rings is 1. The standard InChI is InChI=1S/C11H11NO3/c1-15-11(14)9-5-8(3-2-4-13)6-10(12)7-9/h2-7H,12H2,1H3. The first-order valence-corrected chi connectivity index (χ1v) is 4.28. The van der Waals surface area contributed by atoms with Crippen molar-refractivity contribution in [3.63, 3.8) is 0 Å². The largest absolute Gasteiger partial charge is 0.465 e. The number of hydrogen-bond donors (Lipinski definition) is 1. The van der Waals surface area contributed by atoms with Crippen molar-refractivity contribution in [1.82, 2.24) is 0 Å². The second-order valence-corrected chi connectivity index (χ2v) is 2.88. The van der Waals surface area contributed by atoms with E-state index in [0.29, 0.717) is 23.1 Å². The van der Waals surface area contributed by atoms with Crippen LogP contribution in [0.2, 0.25) is 0 Å². The average Bonchev–Trinajstić information content (AvgIpc) is 2.24. The van der Waals surface area contributed by atoms with E-state index in [1.807, 2.05) is 0 Å². The Morgan fingerprint density at radius 1 is 1.40 bits per heavy atom. The normalized spacial score (nSPS) is 10.2. The van der Waals surface area contributed by atoms with E-state index in [9.17, 15) is 9.59 Å². The first kappa shape index (κ1) is 11.0. The average molecular weight is 205 g/mol. The minimum Gasteiger partial charge on any atom is -0.465 e. The zero-order valence-electron chi connectivity index (χ0n) is 8.27. The van der Waals surface area contributed by atoms with E-state index in [-0.39, 0.29) is 0 Å². The van der Waals surface area contributed by atoms with Gasteiger partial charge in [-0.05, 0) is 29.8 Å². The Labute approximate surface area is 87.3 Å². The third-order valence-electron chi connectivity index (χ3n) is 1.77. The molecule has 2 N–H and O–H groups in total. The maximum atomic E-state index is 11.2. The van der Waals surface area contributed by atoms with Gasteiger partial charge in [-0.15, -0.1) is 0 Å². The van der Waals surface area contributed by atoms with Gasteiger partial charge in [0.25, 0.3) is 0 Å². The molecular formula is C11H11NO3. The van der Waals surface area contributed by atoms with Gasteiger partial charge in [-0.3, -0.25) is 4.79 Å². The molecule has 78 valence electrons. The van der Waals surface area contributed by atoms with Crippen LogP contribution in [0.4, 0.5) is 5.69 Å². The van der Waals surface area contributed by atoms with Gasteiger partial charge in [-0.25, -0.2) is 4.79 Å². The lowest BCUT2D eigenvalue weighted by atomic mass is 10.1. The summed E-state index contributed by atoms with van der Waals surface area (Å²) in [6.07, 6.45) is 3.55. The van der Waals surface area contributed by atoms with Crippen molar-refractivity contribution in [2.24, 2.45) is 0 Å². The molecule has 0 unspecified atom stereocenters. The van der Waals surface area contributed by atoms with Crippen molar-refractivity contribution >= 4 is 24.0 Å². The van der Waals surface area contributed by atoms with Crippen LogP contribution in [-0.4, -0.2) is 19.4 Å². The number of nitrogens with two attached hydrogens (primary N) is 1. The molecule has 0 heterocycles. The number of esters is 1. The summed E-state index contributed by atoms with van der Waals surface area (Å²) in [5.74, 6) is -0.456. The van der Waals surface area contributed by atoms with Gasteiger partial charge in [0.2, 0.25) is 0 Å². The van der Waals surface area contributed by atoms with Gasteiger partial charge in [0, 0.05) is 5.69 Å². The number of rotatable bonds is 3. The first-order valence-electron chi connectivity index (χ1n) is 4.28. The van der Waals surface area contributed by atoms with Gasteiger partial charge in [-0.2, -0.15) is 0 Å². The summed E-state index contributed by atoms with van der Waals surface area (Å²) in [5.41, 5.74) is 7.09. The van der Waals surface area contributed by atoms with Crippen LogP contribution in [0.1, 0.15) is 15.9 Å². The van der Waals surface area contributed by atoms with Crippen LogP contribution < -0.4 is 5.73 Å². The molecule has 15 heavy (non-hydrogen) atoms. The van der Waals surface area contributed by atoms with Gasteiger partial charge in [0.05, 0.1) is 12.7 Å². The van der Waals surface area contributed by atoms with Crippen LogP contribution in [0, 0.1) is 0 Å². The number of hydrogen-bond acceptors (Lipinski definition) is 4. The van der Waals surface area contributed by atoms with Gasteiger partial charge in [-0.1, -0.05) is 6.08 Å². The van der Waals surface area contributed by atoms with Gasteiger partial charge < -0.3 is 10.5 Å².